The van der Waals surface area contributed by atoms with Gasteiger partial charge < -0.3 is 20.5 Å². The molecule has 0 aromatic carbocycles. The van der Waals surface area contributed by atoms with Crippen LogP contribution in [0.25, 0.3) is 0 Å². The molecule has 0 unspecified atom stereocenters. The Kier molecular flexibility index (Phi) is 5.11. The topological polar surface area (TPSA) is 101 Å². The first-order valence-corrected chi connectivity index (χ1v) is 6.49. The fourth-order valence-electron chi connectivity index (χ4n) is 1.10. The number of thiazole rings is 1. The minimum absolute atomic E-state index is 0.169. The maximum atomic E-state index is 11.3. The van der Waals surface area contributed by atoms with Crippen molar-refractivity contribution >= 4 is 28.5 Å². The van der Waals surface area contributed by atoms with Crippen LogP contribution in [-0.2, 0) is 4.74 Å². The predicted octanol–water partition coefficient (Wildman–Crippen LogP) is 1.78. The number of amides is 1. The molecule has 0 aliphatic heterocycles. The number of carbonyl (C=O) groups is 2. The van der Waals surface area contributed by atoms with Crippen molar-refractivity contribution in [2.24, 2.45) is 0 Å². The molecule has 1 aromatic heterocycles. The van der Waals surface area contributed by atoms with E-state index in [1.807, 2.05) is 0 Å². The van der Waals surface area contributed by atoms with E-state index in [9.17, 15) is 9.59 Å². The Labute approximate surface area is 115 Å². The van der Waals surface area contributed by atoms with Crippen molar-refractivity contribution in [2.45, 2.75) is 26.4 Å². The Bertz CT molecular complexity index is 453. The fourth-order valence-corrected chi connectivity index (χ4v) is 1.78. The number of carbonyl (C=O) groups excluding carboxylic acids is 1. The van der Waals surface area contributed by atoms with Crippen LogP contribution in [0.4, 0.5) is 9.93 Å². The zero-order chi connectivity index (χ0) is 14.5. The molecule has 1 amide bonds. The van der Waals surface area contributed by atoms with E-state index >= 15 is 0 Å². The van der Waals surface area contributed by atoms with Crippen molar-refractivity contribution in [3.63, 3.8) is 0 Å². The molecule has 0 radical (unpaired) electrons. The summed E-state index contributed by atoms with van der Waals surface area (Å²) in [6, 6.07) is 0. The first-order chi connectivity index (χ1) is 8.78. The summed E-state index contributed by atoms with van der Waals surface area (Å²) in [6.07, 6.45) is 0.802. The molecule has 0 fully saturated rings. The summed E-state index contributed by atoms with van der Waals surface area (Å²) in [5, 5.41) is 14.7. The second-order valence-electron chi connectivity index (χ2n) is 4.69. The number of aromatic carboxylic acids is 1. The number of carboxylic acids is 1. The van der Waals surface area contributed by atoms with Gasteiger partial charge in [-0.15, -0.1) is 0 Å². The molecular formula is C11H17N3O4S. The largest absolute Gasteiger partial charge is 0.477 e. The van der Waals surface area contributed by atoms with Crippen molar-refractivity contribution in [3.8, 4) is 0 Å². The zero-order valence-electron chi connectivity index (χ0n) is 11.0. The summed E-state index contributed by atoms with van der Waals surface area (Å²) < 4.78 is 5.06. The summed E-state index contributed by atoms with van der Waals surface area (Å²) in [5.74, 6) is -1.00. The second-order valence-corrected chi connectivity index (χ2v) is 5.72. The van der Waals surface area contributed by atoms with Gasteiger partial charge in [-0.2, -0.15) is 0 Å². The molecular weight excluding hydrogens is 270 g/mol. The normalized spacial score (nSPS) is 10.9. The molecule has 0 atom stereocenters. The van der Waals surface area contributed by atoms with Gasteiger partial charge >= 0.3 is 12.1 Å². The zero-order valence-corrected chi connectivity index (χ0v) is 11.8. The minimum atomic E-state index is -1.00. The van der Waals surface area contributed by atoms with Gasteiger partial charge in [0.25, 0.3) is 0 Å². The number of nitrogens with zero attached hydrogens (tertiary/aromatic N) is 1. The Hall–Kier alpha value is -1.83. The van der Waals surface area contributed by atoms with E-state index in [1.54, 1.807) is 20.8 Å². The molecule has 1 aromatic rings. The van der Waals surface area contributed by atoms with Gasteiger partial charge in [-0.3, -0.25) is 0 Å². The smallest absolute Gasteiger partial charge is 0.407 e. The van der Waals surface area contributed by atoms with Crippen LogP contribution in [0.15, 0.2) is 6.20 Å². The lowest BCUT2D eigenvalue weighted by Crippen LogP contribution is -2.34. The number of anilines is 1. The third-order valence-electron chi connectivity index (χ3n) is 1.79. The van der Waals surface area contributed by atoms with E-state index in [0.717, 1.165) is 11.3 Å². The summed E-state index contributed by atoms with van der Waals surface area (Å²) in [6.45, 7) is 6.15. The molecule has 0 bridgehead atoms. The number of nitrogens with one attached hydrogen (secondary N) is 2. The second kappa shape index (κ2) is 6.37. The lowest BCUT2D eigenvalue weighted by Gasteiger charge is -2.19. The molecule has 1 rings (SSSR count). The van der Waals surface area contributed by atoms with E-state index in [2.05, 4.69) is 15.6 Å². The standard InChI is InChI=1S/C11H17N3O4S/c1-11(2,3)18-10(17)13-5-4-12-9-14-6-7(19-9)8(15)16/h6H,4-5H2,1-3H3,(H,12,14)(H,13,17)(H,15,16). The quantitative estimate of drug-likeness (QED) is 0.714. The van der Waals surface area contributed by atoms with Crippen molar-refractivity contribution in [3.05, 3.63) is 11.1 Å². The molecule has 19 heavy (non-hydrogen) atoms. The van der Waals surface area contributed by atoms with Crippen molar-refractivity contribution < 1.29 is 19.4 Å². The van der Waals surface area contributed by atoms with Gasteiger partial charge in [-0.25, -0.2) is 14.6 Å². The van der Waals surface area contributed by atoms with Crippen LogP contribution in [0.2, 0.25) is 0 Å². The van der Waals surface area contributed by atoms with Gasteiger partial charge in [0.05, 0.1) is 6.20 Å². The monoisotopic (exact) mass is 287 g/mol. The molecule has 0 aliphatic rings. The molecule has 1 heterocycles. The Morgan fingerprint density at radius 2 is 2.11 bits per heavy atom. The summed E-state index contributed by atoms with van der Waals surface area (Å²) in [5.41, 5.74) is -0.525. The lowest BCUT2D eigenvalue weighted by atomic mass is 10.2. The summed E-state index contributed by atoms with van der Waals surface area (Å²) in [4.78, 5) is 26.0. The van der Waals surface area contributed by atoms with Gasteiger partial charge in [-0.05, 0) is 20.8 Å². The molecule has 3 N–H and O–H groups in total. The van der Waals surface area contributed by atoms with Crippen LogP contribution in [0.1, 0.15) is 30.4 Å². The number of carboxylic acid groups (broad SMARTS) is 1. The van der Waals surface area contributed by atoms with Crippen LogP contribution < -0.4 is 10.6 Å². The highest BCUT2D eigenvalue weighted by Gasteiger charge is 2.15. The number of hydrogen-bond acceptors (Lipinski definition) is 6. The number of ether oxygens (including phenoxy) is 1. The van der Waals surface area contributed by atoms with Crippen LogP contribution in [0, 0.1) is 0 Å². The van der Waals surface area contributed by atoms with Crippen LogP contribution >= 0.6 is 11.3 Å². The minimum Gasteiger partial charge on any atom is -0.477 e. The highest BCUT2D eigenvalue weighted by molar-refractivity contribution is 7.17. The molecule has 0 aliphatic carbocycles. The van der Waals surface area contributed by atoms with Crippen molar-refractivity contribution in [1.82, 2.24) is 10.3 Å². The first-order valence-electron chi connectivity index (χ1n) is 5.68. The molecule has 0 spiro atoms. The number of aromatic nitrogens is 1. The van der Waals surface area contributed by atoms with Gasteiger partial charge in [0, 0.05) is 13.1 Å². The van der Waals surface area contributed by atoms with Gasteiger partial charge in [0.1, 0.15) is 10.5 Å². The maximum Gasteiger partial charge on any atom is 0.407 e. The highest BCUT2D eigenvalue weighted by Crippen LogP contribution is 2.17. The first kappa shape index (κ1) is 15.2. The molecule has 0 saturated heterocycles. The molecule has 0 saturated carbocycles. The summed E-state index contributed by atoms with van der Waals surface area (Å²) in [7, 11) is 0. The van der Waals surface area contributed by atoms with Gasteiger partial charge in [0.15, 0.2) is 5.13 Å². The molecule has 106 valence electrons. The summed E-state index contributed by atoms with van der Waals surface area (Å²) >= 11 is 1.04. The number of alkyl carbamates (subject to hydrolysis) is 1. The Balaban J connectivity index is 2.23. The molecule has 7 nitrogen and oxygen atoms in total. The van der Waals surface area contributed by atoms with Gasteiger partial charge in [-0.1, -0.05) is 11.3 Å². The van der Waals surface area contributed by atoms with E-state index in [4.69, 9.17) is 9.84 Å². The van der Waals surface area contributed by atoms with E-state index in [-0.39, 0.29) is 4.88 Å². The Morgan fingerprint density at radius 1 is 1.42 bits per heavy atom. The van der Waals surface area contributed by atoms with Crippen molar-refractivity contribution in [1.29, 1.82) is 0 Å². The van der Waals surface area contributed by atoms with Crippen LogP contribution in [-0.4, -0.2) is 40.8 Å². The third-order valence-corrected chi connectivity index (χ3v) is 2.73. The van der Waals surface area contributed by atoms with E-state index in [0.29, 0.717) is 18.2 Å². The van der Waals surface area contributed by atoms with Crippen molar-refractivity contribution in [2.75, 3.05) is 18.4 Å². The third kappa shape index (κ3) is 6.05. The number of hydrogen-bond donors (Lipinski definition) is 3. The lowest BCUT2D eigenvalue weighted by molar-refractivity contribution is 0.0529. The van der Waals surface area contributed by atoms with Gasteiger partial charge in [0.2, 0.25) is 0 Å². The predicted molar refractivity (Wildman–Crippen MR) is 71.8 cm³/mol. The average molecular weight is 287 g/mol. The Morgan fingerprint density at radius 3 is 2.63 bits per heavy atom. The molecule has 8 heteroatoms. The maximum absolute atomic E-state index is 11.3. The highest BCUT2D eigenvalue weighted by atomic mass is 32.1. The average Bonchev–Trinajstić information content (AvgIpc) is 2.70. The number of rotatable bonds is 5. The fraction of sp³-hybridized carbons (Fsp3) is 0.545. The SMILES string of the molecule is CC(C)(C)OC(=O)NCCNc1ncc(C(=O)O)s1. The van der Waals surface area contributed by atoms with E-state index < -0.39 is 17.7 Å². The van der Waals surface area contributed by atoms with Crippen LogP contribution in [0.3, 0.4) is 0 Å². The van der Waals surface area contributed by atoms with Crippen LogP contribution in [0.5, 0.6) is 0 Å². The van der Waals surface area contributed by atoms with E-state index in [1.165, 1.54) is 6.20 Å².